The smallest absolute Gasteiger partial charge is 0.260 e. The van der Waals surface area contributed by atoms with E-state index < -0.39 is 0 Å². The molecule has 0 radical (unpaired) electrons. The summed E-state index contributed by atoms with van der Waals surface area (Å²) in [6.45, 7) is 3.70. The van der Waals surface area contributed by atoms with Gasteiger partial charge in [0.2, 0.25) is 5.91 Å². The second kappa shape index (κ2) is 7.84. The average Bonchev–Trinajstić information content (AvgIpc) is 3.20. The number of aromatic nitrogens is 1. The Morgan fingerprint density at radius 2 is 2.04 bits per heavy atom. The number of carbonyl (C=O) groups excluding carboxylic acids is 2. The van der Waals surface area contributed by atoms with Gasteiger partial charge >= 0.3 is 0 Å². The lowest BCUT2D eigenvalue weighted by molar-refractivity contribution is -0.115. The van der Waals surface area contributed by atoms with E-state index in [9.17, 15) is 9.59 Å². The molecule has 0 saturated heterocycles. The number of amides is 2. The topological polar surface area (TPSA) is 84.2 Å². The highest BCUT2D eigenvalue weighted by atomic mass is 79.9. The maximum absolute atomic E-state index is 12.2. The molecule has 8 heteroatoms. The van der Waals surface area contributed by atoms with Gasteiger partial charge in [-0.15, -0.1) is 11.3 Å². The molecule has 3 aromatic rings. The van der Waals surface area contributed by atoms with Crippen LogP contribution in [0.2, 0.25) is 0 Å². The summed E-state index contributed by atoms with van der Waals surface area (Å²) in [4.78, 5) is 28.6. The Bertz CT molecular complexity index is 964. The number of anilines is 2. The molecule has 0 aliphatic rings. The number of hydrogen-bond acceptors (Lipinski definition) is 5. The molecular weight excluding hydrogens is 418 g/mol. The minimum Gasteiger partial charge on any atom is -0.469 e. The molecule has 2 N–H and O–H groups in total. The maximum Gasteiger partial charge on any atom is 0.260 e. The Kier molecular flexibility index (Phi) is 5.53. The van der Waals surface area contributed by atoms with E-state index in [-0.39, 0.29) is 18.2 Å². The van der Waals surface area contributed by atoms with Crippen LogP contribution < -0.4 is 10.6 Å². The average molecular weight is 434 g/mol. The zero-order valence-corrected chi connectivity index (χ0v) is 16.5. The highest BCUT2D eigenvalue weighted by molar-refractivity contribution is 9.10. The van der Waals surface area contributed by atoms with Crippen LogP contribution in [0, 0.1) is 13.8 Å². The lowest BCUT2D eigenvalue weighted by Gasteiger charge is -2.06. The van der Waals surface area contributed by atoms with Crippen molar-refractivity contribution in [1.29, 1.82) is 0 Å². The van der Waals surface area contributed by atoms with Crippen LogP contribution in [0.15, 0.2) is 44.8 Å². The van der Waals surface area contributed by atoms with Gasteiger partial charge in [-0.05, 0) is 37.6 Å². The first-order chi connectivity index (χ1) is 12.4. The first kappa shape index (κ1) is 18.3. The molecule has 0 aliphatic carbocycles. The zero-order valence-electron chi connectivity index (χ0n) is 14.1. The molecule has 1 aromatic carbocycles. The highest BCUT2D eigenvalue weighted by Crippen LogP contribution is 2.22. The standard InChI is InChI=1S/C18H16BrN3O3S/c1-10-3-4-12(7-15(10)19)20-16(23)8-13-9-26-18(21-13)22-17(24)14-5-6-25-11(14)2/h3-7,9H,8H2,1-2H3,(H,20,23)(H,21,22,24). The molecule has 6 nitrogen and oxygen atoms in total. The van der Waals surface area contributed by atoms with Crippen molar-refractivity contribution < 1.29 is 14.0 Å². The number of rotatable bonds is 5. The number of aryl methyl sites for hydroxylation is 2. The van der Waals surface area contributed by atoms with Gasteiger partial charge in [0.15, 0.2) is 5.13 Å². The van der Waals surface area contributed by atoms with Crippen LogP contribution in [-0.2, 0) is 11.2 Å². The molecule has 2 heterocycles. The fraction of sp³-hybridized carbons (Fsp3) is 0.167. The van der Waals surface area contributed by atoms with E-state index in [0.29, 0.717) is 27.8 Å². The lowest BCUT2D eigenvalue weighted by atomic mass is 10.2. The summed E-state index contributed by atoms with van der Waals surface area (Å²) < 4.78 is 6.05. The predicted octanol–water partition coefficient (Wildman–Crippen LogP) is 4.55. The minimum absolute atomic E-state index is 0.128. The maximum atomic E-state index is 12.2. The largest absolute Gasteiger partial charge is 0.469 e. The fourth-order valence-electron chi connectivity index (χ4n) is 2.27. The van der Waals surface area contributed by atoms with Crippen LogP contribution in [0.5, 0.6) is 0 Å². The summed E-state index contributed by atoms with van der Waals surface area (Å²) in [5.41, 5.74) is 2.87. The molecular formula is C18H16BrN3O3S. The third-order valence-corrected chi connectivity index (χ3v) is 5.33. The summed E-state index contributed by atoms with van der Waals surface area (Å²) in [5, 5.41) is 7.74. The van der Waals surface area contributed by atoms with Crippen LogP contribution in [0.1, 0.15) is 27.4 Å². The van der Waals surface area contributed by atoms with Gasteiger partial charge in [-0.25, -0.2) is 4.98 Å². The van der Waals surface area contributed by atoms with Gasteiger partial charge in [0.05, 0.1) is 23.9 Å². The second-order valence-electron chi connectivity index (χ2n) is 5.68. The van der Waals surface area contributed by atoms with Gasteiger partial charge < -0.3 is 9.73 Å². The molecule has 0 unspecified atom stereocenters. The van der Waals surface area contributed by atoms with Gasteiger partial charge in [0, 0.05) is 15.5 Å². The fourth-order valence-corrected chi connectivity index (χ4v) is 3.35. The van der Waals surface area contributed by atoms with E-state index >= 15 is 0 Å². The first-order valence-corrected chi connectivity index (χ1v) is 9.45. The van der Waals surface area contributed by atoms with Crippen LogP contribution in [0.25, 0.3) is 0 Å². The lowest BCUT2D eigenvalue weighted by Crippen LogP contribution is -2.15. The van der Waals surface area contributed by atoms with Crippen molar-refractivity contribution in [2.24, 2.45) is 0 Å². The van der Waals surface area contributed by atoms with Crippen molar-refractivity contribution in [2.45, 2.75) is 20.3 Å². The molecule has 0 saturated carbocycles. The molecule has 0 spiro atoms. The molecule has 134 valence electrons. The first-order valence-electron chi connectivity index (χ1n) is 7.78. The third kappa shape index (κ3) is 4.39. The molecule has 2 amide bonds. The highest BCUT2D eigenvalue weighted by Gasteiger charge is 2.14. The van der Waals surface area contributed by atoms with Gasteiger partial charge in [-0.1, -0.05) is 22.0 Å². The second-order valence-corrected chi connectivity index (χ2v) is 7.39. The predicted molar refractivity (Wildman–Crippen MR) is 105 cm³/mol. The normalized spacial score (nSPS) is 10.6. The monoisotopic (exact) mass is 433 g/mol. The molecule has 3 rings (SSSR count). The van der Waals surface area contributed by atoms with E-state index in [4.69, 9.17) is 4.42 Å². The Balaban J connectivity index is 1.59. The SMILES string of the molecule is Cc1ccc(NC(=O)Cc2csc(NC(=O)c3ccoc3C)n2)cc1Br. The summed E-state index contributed by atoms with van der Waals surface area (Å²) in [7, 11) is 0. The quantitative estimate of drug-likeness (QED) is 0.617. The number of hydrogen-bond donors (Lipinski definition) is 2. The zero-order chi connectivity index (χ0) is 18.7. The third-order valence-electron chi connectivity index (χ3n) is 3.67. The molecule has 0 bridgehead atoms. The molecule has 0 fully saturated rings. The molecule has 2 aromatic heterocycles. The van der Waals surface area contributed by atoms with Crippen molar-refractivity contribution in [3.8, 4) is 0 Å². The van der Waals surface area contributed by atoms with Crippen LogP contribution in [0.3, 0.4) is 0 Å². The van der Waals surface area contributed by atoms with Crippen molar-refractivity contribution in [3.05, 3.63) is 63.0 Å². The van der Waals surface area contributed by atoms with Gasteiger partial charge in [-0.3, -0.25) is 14.9 Å². The number of nitrogens with zero attached hydrogens (tertiary/aromatic N) is 1. The number of furan rings is 1. The van der Waals surface area contributed by atoms with Crippen molar-refractivity contribution in [1.82, 2.24) is 4.98 Å². The Labute approximate surface area is 162 Å². The number of halogens is 1. The Morgan fingerprint density at radius 3 is 2.73 bits per heavy atom. The summed E-state index contributed by atoms with van der Waals surface area (Å²) in [5.74, 6) is 0.0867. The van der Waals surface area contributed by atoms with E-state index in [1.54, 1.807) is 18.4 Å². The molecule has 0 atom stereocenters. The molecule has 0 aliphatic heterocycles. The Hall–Kier alpha value is -2.45. The van der Waals surface area contributed by atoms with Crippen LogP contribution >= 0.6 is 27.3 Å². The van der Waals surface area contributed by atoms with Gasteiger partial charge in [-0.2, -0.15) is 0 Å². The molecule has 26 heavy (non-hydrogen) atoms. The minimum atomic E-state index is -0.286. The van der Waals surface area contributed by atoms with Gasteiger partial charge in [0.1, 0.15) is 5.76 Å². The van der Waals surface area contributed by atoms with E-state index in [0.717, 1.165) is 10.0 Å². The summed E-state index contributed by atoms with van der Waals surface area (Å²) >= 11 is 4.71. The van der Waals surface area contributed by atoms with Crippen molar-refractivity contribution >= 4 is 49.9 Å². The number of benzene rings is 1. The summed E-state index contributed by atoms with van der Waals surface area (Å²) in [6.07, 6.45) is 1.59. The van der Waals surface area contributed by atoms with Crippen molar-refractivity contribution in [3.63, 3.8) is 0 Å². The van der Waals surface area contributed by atoms with Crippen molar-refractivity contribution in [2.75, 3.05) is 10.6 Å². The van der Waals surface area contributed by atoms with E-state index in [1.165, 1.54) is 17.6 Å². The van der Waals surface area contributed by atoms with Crippen LogP contribution in [0.4, 0.5) is 10.8 Å². The van der Waals surface area contributed by atoms with Crippen LogP contribution in [-0.4, -0.2) is 16.8 Å². The van der Waals surface area contributed by atoms with E-state index in [1.807, 2.05) is 25.1 Å². The van der Waals surface area contributed by atoms with E-state index in [2.05, 4.69) is 31.5 Å². The number of nitrogens with one attached hydrogen (secondary N) is 2. The number of thiazole rings is 1. The Morgan fingerprint density at radius 1 is 1.23 bits per heavy atom. The summed E-state index contributed by atoms with van der Waals surface area (Å²) in [6, 6.07) is 7.23. The van der Waals surface area contributed by atoms with Gasteiger partial charge in [0.25, 0.3) is 5.91 Å². The number of carbonyl (C=O) groups is 2.